The lowest BCUT2D eigenvalue weighted by atomic mass is 10.2. The van der Waals surface area contributed by atoms with E-state index in [1.54, 1.807) is 28.9 Å². The first-order chi connectivity index (χ1) is 11.7. The third-order valence-electron chi connectivity index (χ3n) is 3.46. The van der Waals surface area contributed by atoms with E-state index in [-0.39, 0.29) is 13.2 Å². The van der Waals surface area contributed by atoms with Crippen LogP contribution >= 0.6 is 11.6 Å². The number of ether oxygens (including phenoxy) is 2. The number of nitrogens with zero attached hydrogens (tertiary/aromatic N) is 3. The molecule has 6 nitrogen and oxygen atoms in total. The normalized spacial score (nSPS) is 10.8. The smallest absolute Gasteiger partial charge is 0.338 e. The molecule has 1 heterocycles. The number of hydrogen-bond donors (Lipinski definition) is 0. The van der Waals surface area contributed by atoms with Crippen LogP contribution < -0.4 is 4.74 Å². The second-order valence-corrected chi connectivity index (χ2v) is 5.43. The molecule has 0 saturated carbocycles. The highest BCUT2D eigenvalue weighted by atomic mass is 35.5. The maximum atomic E-state index is 12.1. The van der Waals surface area contributed by atoms with Gasteiger partial charge in [-0.05, 0) is 37.3 Å². The Labute approximate surface area is 143 Å². The number of halogens is 1. The lowest BCUT2D eigenvalue weighted by Crippen LogP contribution is -2.12. The van der Waals surface area contributed by atoms with Crippen molar-refractivity contribution in [1.82, 2.24) is 15.0 Å². The largest absolute Gasteiger partial charge is 0.488 e. The molecule has 0 aliphatic heterocycles. The van der Waals surface area contributed by atoms with Crippen LogP contribution in [-0.2, 0) is 11.3 Å². The van der Waals surface area contributed by atoms with Gasteiger partial charge in [-0.2, -0.15) is 0 Å². The van der Waals surface area contributed by atoms with Gasteiger partial charge >= 0.3 is 5.97 Å². The van der Waals surface area contributed by atoms with Gasteiger partial charge in [0.1, 0.15) is 24.5 Å². The quantitative estimate of drug-likeness (QED) is 0.506. The molecular weight excluding hydrogens is 330 g/mol. The number of rotatable bonds is 6. The molecule has 0 aliphatic carbocycles. The van der Waals surface area contributed by atoms with Gasteiger partial charge in [0.25, 0.3) is 0 Å². The van der Waals surface area contributed by atoms with Crippen LogP contribution in [0.3, 0.4) is 0 Å². The van der Waals surface area contributed by atoms with Crippen LogP contribution in [0.1, 0.15) is 17.3 Å². The van der Waals surface area contributed by atoms with Gasteiger partial charge in [-0.3, -0.25) is 0 Å². The molecule has 2 aromatic carbocycles. The molecule has 0 saturated heterocycles. The number of benzene rings is 2. The van der Waals surface area contributed by atoms with E-state index in [9.17, 15) is 4.79 Å². The Bertz CT molecular complexity index is 863. The van der Waals surface area contributed by atoms with E-state index in [0.29, 0.717) is 21.9 Å². The Hall–Kier alpha value is -2.60. The van der Waals surface area contributed by atoms with Crippen molar-refractivity contribution in [3.63, 3.8) is 0 Å². The number of hydrogen-bond acceptors (Lipinski definition) is 5. The first kappa shape index (κ1) is 16.3. The minimum atomic E-state index is -0.425. The summed E-state index contributed by atoms with van der Waals surface area (Å²) in [5.41, 5.74) is 1.98. The fourth-order valence-corrected chi connectivity index (χ4v) is 2.45. The zero-order valence-electron chi connectivity index (χ0n) is 13.1. The van der Waals surface area contributed by atoms with Crippen molar-refractivity contribution in [3.05, 3.63) is 53.1 Å². The second kappa shape index (κ2) is 7.31. The first-order valence-electron chi connectivity index (χ1n) is 7.56. The van der Waals surface area contributed by atoms with Crippen LogP contribution in [0.2, 0.25) is 5.02 Å². The van der Waals surface area contributed by atoms with Crippen molar-refractivity contribution < 1.29 is 14.3 Å². The van der Waals surface area contributed by atoms with Crippen LogP contribution in [0.4, 0.5) is 0 Å². The molecule has 0 amide bonds. The molecule has 0 N–H and O–H groups in total. The monoisotopic (exact) mass is 345 g/mol. The molecule has 7 heteroatoms. The van der Waals surface area contributed by atoms with Crippen molar-refractivity contribution >= 4 is 28.6 Å². The topological polar surface area (TPSA) is 66.2 Å². The molecular formula is C17H16ClN3O3. The zero-order chi connectivity index (χ0) is 16.9. The molecule has 0 spiro atoms. The van der Waals surface area contributed by atoms with Gasteiger partial charge in [-0.1, -0.05) is 28.9 Å². The molecule has 0 fully saturated rings. The fourth-order valence-electron chi connectivity index (χ4n) is 2.26. The molecule has 0 atom stereocenters. The van der Waals surface area contributed by atoms with Crippen LogP contribution in [-0.4, -0.2) is 34.2 Å². The number of carbonyl (C=O) groups excluding carboxylic acids is 1. The highest BCUT2D eigenvalue weighted by molar-refractivity contribution is 6.32. The number of fused-ring (bicyclic) bond motifs is 1. The van der Waals surface area contributed by atoms with E-state index in [4.69, 9.17) is 21.1 Å². The summed E-state index contributed by atoms with van der Waals surface area (Å²) in [5.74, 6) is 0.138. The summed E-state index contributed by atoms with van der Waals surface area (Å²) in [6.45, 7) is 3.06. The molecule has 24 heavy (non-hydrogen) atoms. The van der Waals surface area contributed by atoms with Gasteiger partial charge in [0, 0.05) is 6.54 Å². The Morgan fingerprint density at radius 3 is 2.83 bits per heavy atom. The van der Waals surface area contributed by atoms with Crippen LogP contribution in [0.25, 0.3) is 11.0 Å². The lowest BCUT2D eigenvalue weighted by Gasteiger charge is -2.08. The Balaban J connectivity index is 1.56. The van der Waals surface area contributed by atoms with Crippen molar-refractivity contribution in [2.45, 2.75) is 13.5 Å². The van der Waals surface area contributed by atoms with Crippen LogP contribution in [0, 0.1) is 0 Å². The minimum absolute atomic E-state index is 0.129. The average Bonchev–Trinajstić information content (AvgIpc) is 3.02. The summed E-state index contributed by atoms with van der Waals surface area (Å²) in [4.78, 5) is 12.1. The third kappa shape index (κ3) is 3.49. The standard InChI is InChI=1S/C17H16ClN3O3/c1-2-21-15-8-7-12(11-14(15)19-20-21)17(22)24-10-9-23-16-6-4-3-5-13(16)18/h3-8,11H,2,9-10H2,1H3. The van der Waals surface area contributed by atoms with E-state index in [1.165, 1.54) is 0 Å². The second-order valence-electron chi connectivity index (χ2n) is 5.02. The molecule has 0 radical (unpaired) electrons. The van der Waals surface area contributed by atoms with Crippen LogP contribution in [0.5, 0.6) is 5.75 Å². The third-order valence-corrected chi connectivity index (χ3v) is 3.77. The number of aryl methyl sites for hydroxylation is 1. The molecule has 0 unspecified atom stereocenters. The summed E-state index contributed by atoms with van der Waals surface area (Å²) in [6, 6.07) is 12.3. The summed E-state index contributed by atoms with van der Waals surface area (Å²) in [6.07, 6.45) is 0. The predicted molar refractivity (Wildman–Crippen MR) is 90.4 cm³/mol. The summed E-state index contributed by atoms with van der Waals surface area (Å²) in [7, 11) is 0. The van der Waals surface area contributed by atoms with Gasteiger partial charge in [0.05, 0.1) is 16.1 Å². The summed E-state index contributed by atoms with van der Waals surface area (Å²) < 4.78 is 12.5. The molecule has 3 rings (SSSR count). The summed E-state index contributed by atoms with van der Waals surface area (Å²) >= 11 is 5.98. The highest BCUT2D eigenvalue weighted by Gasteiger charge is 2.11. The fraction of sp³-hybridized carbons (Fsp3) is 0.235. The highest BCUT2D eigenvalue weighted by Crippen LogP contribution is 2.22. The average molecular weight is 346 g/mol. The zero-order valence-corrected chi connectivity index (χ0v) is 13.9. The molecule has 0 aliphatic rings. The number of aromatic nitrogens is 3. The maximum Gasteiger partial charge on any atom is 0.338 e. The van der Waals surface area contributed by atoms with Gasteiger partial charge in [-0.25, -0.2) is 9.48 Å². The number of esters is 1. The van der Waals surface area contributed by atoms with E-state index < -0.39 is 5.97 Å². The minimum Gasteiger partial charge on any atom is -0.488 e. The van der Waals surface area contributed by atoms with Crippen molar-refractivity contribution in [2.24, 2.45) is 0 Å². The molecule has 124 valence electrons. The lowest BCUT2D eigenvalue weighted by molar-refractivity contribution is 0.0450. The van der Waals surface area contributed by atoms with E-state index in [0.717, 1.165) is 12.1 Å². The Kier molecular flexibility index (Phi) is 4.96. The van der Waals surface area contributed by atoms with E-state index in [2.05, 4.69) is 10.3 Å². The number of para-hydroxylation sites is 1. The summed E-state index contributed by atoms with van der Waals surface area (Å²) in [5, 5.41) is 8.58. The molecule has 0 bridgehead atoms. The molecule has 3 aromatic rings. The van der Waals surface area contributed by atoms with E-state index >= 15 is 0 Å². The SMILES string of the molecule is CCn1nnc2cc(C(=O)OCCOc3ccccc3Cl)ccc21. The maximum absolute atomic E-state index is 12.1. The Morgan fingerprint density at radius 1 is 1.21 bits per heavy atom. The van der Waals surface area contributed by atoms with Crippen molar-refractivity contribution in [3.8, 4) is 5.75 Å². The number of carbonyl (C=O) groups is 1. The molecule has 1 aromatic heterocycles. The van der Waals surface area contributed by atoms with Gasteiger partial charge < -0.3 is 9.47 Å². The van der Waals surface area contributed by atoms with Crippen molar-refractivity contribution in [1.29, 1.82) is 0 Å². The van der Waals surface area contributed by atoms with Crippen LogP contribution in [0.15, 0.2) is 42.5 Å². The Morgan fingerprint density at radius 2 is 2.04 bits per heavy atom. The van der Waals surface area contributed by atoms with Crippen molar-refractivity contribution in [2.75, 3.05) is 13.2 Å². The predicted octanol–water partition coefficient (Wildman–Crippen LogP) is 3.34. The van der Waals surface area contributed by atoms with Gasteiger partial charge in [-0.15, -0.1) is 5.10 Å². The van der Waals surface area contributed by atoms with E-state index in [1.807, 2.05) is 25.1 Å². The van der Waals surface area contributed by atoms with Gasteiger partial charge in [0.15, 0.2) is 0 Å². The van der Waals surface area contributed by atoms with Gasteiger partial charge in [0.2, 0.25) is 0 Å². The first-order valence-corrected chi connectivity index (χ1v) is 7.94.